The highest BCUT2D eigenvalue weighted by Gasteiger charge is 2.45. The molecule has 1 aromatic carbocycles. The smallest absolute Gasteiger partial charge is 0.419 e. The molecule has 0 unspecified atom stereocenters. The number of hydrogen-bond acceptors (Lipinski definition) is 6. The SMILES string of the molecule is C=C[C@H]1CN2CCc3c(n(C(=O)OC(C)(C)C)c4ccccc34)[C@@H]2C[C@@H]1C(=O)C(=O)OC. The number of ether oxygens (including phenoxy) is 2. The number of ketones is 1. The van der Waals surface area contributed by atoms with E-state index in [1.807, 2.05) is 45.0 Å². The summed E-state index contributed by atoms with van der Waals surface area (Å²) in [5.74, 6) is -2.07. The second-order valence-corrected chi connectivity index (χ2v) is 9.56. The van der Waals surface area contributed by atoms with Crippen molar-refractivity contribution in [3.05, 3.63) is 48.2 Å². The van der Waals surface area contributed by atoms with Crippen molar-refractivity contribution in [2.24, 2.45) is 11.8 Å². The van der Waals surface area contributed by atoms with E-state index < -0.39 is 29.4 Å². The zero-order valence-electron chi connectivity index (χ0n) is 19.1. The maximum Gasteiger partial charge on any atom is 0.419 e. The predicted molar refractivity (Wildman–Crippen MR) is 120 cm³/mol. The first-order valence-electron chi connectivity index (χ1n) is 11.0. The number of hydrogen-bond donors (Lipinski definition) is 0. The number of piperidine rings is 1. The Hall–Kier alpha value is -2.93. The summed E-state index contributed by atoms with van der Waals surface area (Å²) < 4.78 is 12.1. The lowest BCUT2D eigenvalue weighted by atomic mass is 9.76. The molecule has 0 spiro atoms. The van der Waals surface area contributed by atoms with Gasteiger partial charge in [-0.2, -0.15) is 0 Å². The van der Waals surface area contributed by atoms with E-state index in [4.69, 9.17) is 9.47 Å². The van der Waals surface area contributed by atoms with Crippen molar-refractivity contribution in [2.45, 2.75) is 45.3 Å². The minimum atomic E-state index is -0.834. The van der Waals surface area contributed by atoms with E-state index in [1.54, 1.807) is 10.6 Å². The van der Waals surface area contributed by atoms with Crippen LogP contribution in [0.5, 0.6) is 0 Å². The van der Waals surface area contributed by atoms with Crippen LogP contribution in [-0.2, 0) is 25.5 Å². The van der Waals surface area contributed by atoms with Gasteiger partial charge in [-0.05, 0) is 51.2 Å². The van der Waals surface area contributed by atoms with Gasteiger partial charge in [-0.1, -0.05) is 24.3 Å². The number of aromatic nitrogens is 1. The fourth-order valence-electron chi connectivity index (χ4n) is 5.11. The first kappa shape index (κ1) is 22.3. The summed E-state index contributed by atoms with van der Waals surface area (Å²) in [6.45, 7) is 10.8. The minimum Gasteiger partial charge on any atom is -0.463 e. The number of nitrogens with zero attached hydrogens (tertiary/aromatic N) is 2. The Balaban J connectivity index is 1.84. The van der Waals surface area contributed by atoms with E-state index in [-0.39, 0.29) is 12.0 Å². The van der Waals surface area contributed by atoms with Crippen LogP contribution in [-0.4, -0.2) is 53.1 Å². The van der Waals surface area contributed by atoms with E-state index in [0.29, 0.717) is 13.0 Å². The van der Waals surface area contributed by atoms with Gasteiger partial charge in [-0.25, -0.2) is 14.2 Å². The monoisotopic (exact) mass is 438 g/mol. The van der Waals surface area contributed by atoms with Crippen LogP contribution in [0.25, 0.3) is 10.9 Å². The van der Waals surface area contributed by atoms with Gasteiger partial charge in [0.05, 0.1) is 24.4 Å². The Kier molecular flexibility index (Phi) is 5.71. The first-order chi connectivity index (χ1) is 15.2. The molecule has 2 aliphatic rings. The highest BCUT2D eigenvalue weighted by Crippen LogP contribution is 2.45. The lowest BCUT2D eigenvalue weighted by Crippen LogP contribution is -2.49. The zero-order chi connectivity index (χ0) is 23.2. The van der Waals surface area contributed by atoms with Crippen molar-refractivity contribution in [1.29, 1.82) is 0 Å². The highest BCUT2D eigenvalue weighted by molar-refractivity contribution is 6.34. The Morgan fingerprint density at radius 2 is 1.91 bits per heavy atom. The number of methoxy groups -OCH3 is 1. The van der Waals surface area contributed by atoms with Gasteiger partial charge in [-0.3, -0.25) is 9.69 Å². The summed E-state index contributed by atoms with van der Waals surface area (Å²) in [4.78, 5) is 40.5. The van der Waals surface area contributed by atoms with Crippen molar-refractivity contribution < 1.29 is 23.9 Å². The molecule has 0 radical (unpaired) electrons. The molecule has 0 N–H and O–H groups in total. The number of Topliss-reactive ketones (excluding diaryl/α,β-unsaturated/α-hetero) is 1. The van der Waals surface area contributed by atoms with E-state index in [1.165, 1.54) is 7.11 Å². The molecule has 1 aromatic heterocycles. The van der Waals surface area contributed by atoms with Gasteiger partial charge in [0, 0.05) is 24.4 Å². The van der Waals surface area contributed by atoms with E-state index in [2.05, 4.69) is 11.5 Å². The third-order valence-corrected chi connectivity index (χ3v) is 6.47. The summed E-state index contributed by atoms with van der Waals surface area (Å²) in [6, 6.07) is 7.64. The first-order valence-corrected chi connectivity index (χ1v) is 11.0. The number of carbonyl (C=O) groups is 3. The molecule has 2 aromatic rings. The Morgan fingerprint density at radius 1 is 1.19 bits per heavy atom. The molecule has 0 saturated carbocycles. The van der Waals surface area contributed by atoms with Crippen LogP contribution in [0.15, 0.2) is 36.9 Å². The average molecular weight is 439 g/mol. The Labute approximate surface area is 188 Å². The molecule has 3 heterocycles. The lowest BCUT2D eigenvalue weighted by molar-refractivity contribution is -0.155. The molecule has 32 heavy (non-hydrogen) atoms. The molecule has 0 amide bonds. The fourth-order valence-corrected chi connectivity index (χ4v) is 5.11. The number of fused-ring (bicyclic) bond motifs is 5. The van der Waals surface area contributed by atoms with Gasteiger partial charge >= 0.3 is 12.1 Å². The van der Waals surface area contributed by atoms with Crippen LogP contribution in [0.4, 0.5) is 4.79 Å². The number of esters is 1. The van der Waals surface area contributed by atoms with Gasteiger partial charge in [0.1, 0.15) is 5.60 Å². The Morgan fingerprint density at radius 3 is 2.56 bits per heavy atom. The number of rotatable bonds is 3. The largest absolute Gasteiger partial charge is 0.463 e. The van der Waals surface area contributed by atoms with Crippen LogP contribution < -0.4 is 0 Å². The second kappa shape index (κ2) is 8.20. The van der Waals surface area contributed by atoms with Crippen LogP contribution >= 0.6 is 0 Å². The summed E-state index contributed by atoms with van der Waals surface area (Å²) in [5.41, 5.74) is 2.12. The molecule has 1 fully saturated rings. The van der Waals surface area contributed by atoms with Crippen molar-refractivity contribution in [1.82, 2.24) is 9.47 Å². The third kappa shape index (κ3) is 3.75. The summed E-state index contributed by atoms with van der Waals surface area (Å²) in [6.07, 6.45) is 2.53. The number of benzene rings is 1. The molecular weight excluding hydrogens is 408 g/mol. The quantitative estimate of drug-likeness (QED) is 0.411. The third-order valence-electron chi connectivity index (χ3n) is 6.47. The predicted octanol–water partition coefficient (Wildman–Crippen LogP) is 3.89. The van der Waals surface area contributed by atoms with Gasteiger partial charge in [0.2, 0.25) is 5.78 Å². The normalized spacial score (nSPS) is 23.2. The second-order valence-electron chi connectivity index (χ2n) is 9.56. The average Bonchev–Trinajstić information content (AvgIpc) is 3.10. The van der Waals surface area contributed by atoms with Crippen LogP contribution in [0, 0.1) is 11.8 Å². The van der Waals surface area contributed by atoms with Crippen molar-refractivity contribution in [2.75, 3.05) is 20.2 Å². The minimum absolute atomic E-state index is 0.154. The Bertz CT molecular complexity index is 1090. The maximum absolute atomic E-state index is 13.3. The lowest BCUT2D eigenvalue weighted by Gasteiger charge is -2.45. The molecule has 0 aliphatic carbocycles. The molecule has 7 nitrogen and oxygen atoms in total. The van der Waals surface area contributed by atoms with E-state index in [9.17, 15) is 14.4 Å². The molecule has 4 rings (SSSR count). The van der Waals surface area contributed by atoms with Gasteiger partial charge in [0.25, 0.3) is 0 Å². The standard InChI is InChI=1S/C25H30N2O5/c1-6-15-14-26-12-11-17-16-9-7-8-10-19(16)27(24(30)32-25(2,3)4)21(17)20(26)13-18(15)22(28)23(29)31-5/h6-10,15,18,20H,1,11-14H2,2-5H3/t15-,18-,20-/m0/s1. The molecule has 7 heteroatoms. The molecule has 3 atom stereocenters. The molecule has 1 saturated heterocycles. The van der Waals surface area contributed by atoms with Crippen LogP contribution in [0.3, 0.4) is 0 Å². The van der Waals surface area contributed by atoms with Gasteiger partial charge in [-0.15, -0.1) is 6.58 Å². The molecular formula is C25H30N2O5. The summed E-state index contributed by atoms with van der Waals surface area (Å²) in [5, 5.41) is 1.02. The van der Waals surface area contributed by atoms with Crippen molar-refractivity contribution in [3.63, 3.8) is 0 Å². The van der Waals surface area contributed by atoms with Crippen LogP contribution in [0.1, 0.15) is 44.5 Å². The van der Waals surface area contributed by atoms with Crippen molar-refractivity contribution in [3.8, 4) is 0 Å². The fraction of sp³-hybridized carbons (Fsp3) is 0.480. The zero-order valence-corrected chi connectivity index (χ0v) is 19.1. The summed E-state index contributed by atoms with van der Waals surface area (Å²) in [7, 11) is 1.22. The van der Waals surface area contributed by atoms with E-state index >= 15 is 0 Å². The topological polar surface area (TPSA) is 77.8 Å². The number of carbonyl (C=O) groups excluding carboxylic acids is 3. The molecule has 170 valence electrons. The van der Waals surface area contributed by atoms with Crippen molar-refractivity contribution >= 4 is 28.7 Å². The highest BCUT2D eigenvalue weighted by atomic mass is 16.6. The summed E-state index contributed by atoms with van der Waals surface area (Å²) >= 11 is 0. The van der Waals surface area contributed by atoms with Gasteiger partial charge < -0.3 is 9.47 Å². The van der Waals surface area contributed by atoms with E-state index in [0.717, 1.165) is 35.1 Å². The van der Waals surface area contributed by atoms with Crippen LogP contribution in [0.2, 0.25) is 0 Å². The van der Waals surface area contributed by atoms with Gasteiger partial charge in [0.15, 0.2) is 0 Å². The number of para-hydroxylation sites is 1. The molecule has 0 bridgehead atoms. The molecule has 2 aliphatic heterocycles. The maximum atomic E-state index is 13.3.